The van der Waals surface area contributed by atoms with Crippen molar-refractivity contribution >= 4 is 12.2 Å². The molecule has 0 aliphatic heterocycles. The van der Waals surface area contributed by atoms with Crippen LogP contribution < -0.4 is 11.5 Å². The van der Waals surface area contributed by atoms with Crippen LogP contribution in [0.1, 0.15) is 82.8 Å². The summed E-state index contributed by atoms with van der Waals surface area (Å²) in [6.45, 7) is 8.71. The molecule has 0 radical (unpaired) electrons. The molecule has 2 aliphatic carbocycles. The van der Waals surface area contributed by atoms with Crippen molar-refractivity contribution < 1.29 is 19.1 Å². The van der Waals surface area contributed by atoms with E-state index in [2.05, 4.69) is 52.0 Å². The van der Waals surface area contributed by atoms with Crippen LogP contribution in [0.15, 0.2) is 60.7 Å². The van der Waals surface area contributed by atoms with Gasteiger partial charge in [0.15, 0.2) is 11.2 Å². The van der Waals surface area contributed by atoms with Crippen LogP contribution in [0.25, 0.3) is 0 Å². The van der Waals surface area contributed by atoms with E-state index >= 15 is 0 Å². The normalized spacial score (nSPS) is 33.1. The maximum atomic E-state index is 12.8. The van der Waals surface area contributed by atoms with Crippen molar-refractivity contribution in [1.29, 1.82) is 0 Å². The molecule has 6 atom stereocenters. The van der Waals surface area contributed by atoms with Crippen LogP contribution in [-0.4, -0.2) is 23.4 Å². The first-order chi connectivity index (χ1) is 16.6. The fourth-order valence-corrected chi connectivity index (χ4v) is 8.22. The van der Waals surface area contributed by atoms with E-state index in [9.17, 15) is 9.59 Å². The Balaban J connectivity index is 2.09. The molecule has 2 amide bonds. The number of carbonyl (C=O) groups is 2. The maximum absolute atomic E-state index is 12.8. The van der Waals surface area contributed by atoms with Crippen molar-refractivity contribution in [2.45, 2.75) is 82.8 Å². The summed E-state index contributed by atoms with van der Waals surface area (Å²) in [4.78, 5) is 25.2. The number of carbonyl (C=O) groups excluding carboxylic acids is 2. The van der Waals surface area contributed by atoms with Crippen LogP contribution in [0.2, 0.25) is 0 Å². The highest BCUT2D eigenvalue weighted by atomic mass is 16.6. The van der Waals surface area contributed by atoms with Gasteiger partial charge < -0.3 is 20.9 Å². The fraction of sp³-hybridized carbons (Fsp3) is 0.517. The van der Waals surface area contributed by atoms with Crippen molar-refractivity contribution in [2.75, 3.05) is 0 Å². The number of amides is 2. The number of rotatable bonds is 8. The second kappa shape index (κ2) is 8.89. The van der Waals surface area contributed by atoms with E-state index < -0.39 is 28.8 Å². The molecule has 0 spiro atoms. The smallest absolute Gasteiger partial charge is 0.405 e. The van der Waals surface area contributed by atoms with Crippen molar-refractivity contribution in [3.8, 4) is 0 Å². The van der Waals surface area contributed by atoms with Gasteiger partial charge in [0, 0.05) is 11.3 Å². The molecule has 6 unspecified atom stereocenters. The first-order valence-corrected chi connectivity index (χ1v) is 12.7. The SMILES string of the molecule is CCC(c1ccccc1)C1(C)C2(C)CCC(OC(N)=O)(C2)C1(OC(N)=O)C(CC)c1ccccc1. The minimum Gasteiger partial charge on any atom is -0.439 e. The molecule has 2 bridgehead atoms. The summed E-state index contributed by atoms with van der Waals surface area (Å²) in [5, 5.41) is 0. The zero-order chi connectivity index (χ0) is 25.5. The number of benzene rings is 2. The lowest BCUT2D eigenvalue weighted by atomic mass is 9.46. The summed E-state index contributed by atoms with van der Waals surface area (Å²) in [5.41, 5.74) is 10.5. The Morgan fingerprint density at radius 2 is 1.29 bits per heavy atom. The Bertz CT molecular complexity index is 1080. The Labute approximate surface area is 208 Å². The molecular weight excluding hydrogens is 440 g/mol. The van der Waals surface area contributed by atoms with Gasteiger partial charge in [-0.2, -0.15) is 0 Å². The van der Waals surface area contributed by atoms with Crippen LogP contribution in [0.3, 0.4) is 0 Å². The summed E-state index contributed by atoms with van der Waals surface area (Å²) < 4.78 is 12.5. The Morgan fingerprint density at radius 3 is 1.74 bits per heavy atom. The third kappa shape index (κ3) is 3.44. The minimum absolute atomic E-state index is 0.0180. The summed E-state index contributed by atoms with van der Waals surface area (Å²) in [6, 6.07) is 20.4. The molecule has 4 N–H and O–H groups in total. The quantitative estimate of drug-likeness (QED) is 0.468. The third-order valence-electron chi connectivity index (χ3n) is 9.42. The monoisotopic (exact) mass is 478 g/mol. The lowest BCUT2D eigenvalue weighted by Gasteiger charge is -2.62. The molecule has 0 saturated heterocycles. The second-order valence-corrected chi connectivity index (χ2v) is 10.8. The highest BCUT2D eigenvalue weighted by Gasteiger charge is 2.84. The van der Waals surface area contributed by atoms with E-state index in [4.69, 9.17) is 20.9 Å². The van der Waals surface area contributed by atoms with Crippen molar-refractivity contribution in [3.63, 3.8) is 0 Å². The molecular formula is C29H38N2O4. The topological polar surface area (TPSA) is 105 Å². The average molecular weight is 479 g/mol. The molecule has 2 aromatic carbocycles. The van der Waals surface area contributed by atoms with Gasteiger partial charge in [0.25, 0.3) is 0 Å². The van der Waals surface area contributed by atoms with Gasteiger partial charge in [-0.05, 0) is 54.6 Å². The van der Waals surface area contributed by atoms with Crippen LogP contribution in [-0.2, 0) is 9.47 Å². The number of fused-ring (bicyclic) bond motifs is 2. The minimum atomic E-state index is -1.22. The number of hydrogen-bond acceptors (Lipinski definition) is 4. The summed E-state index contributed by atoms with van der Waals surface area (Å²) in [7, 11) is 0. The number of primary amides is 2. The number of nitrogens with two attached hydrogens (primary N) is 2. The third-order valence-corrected chi connectivity index (χ3v) is 9.42. The number of hydrogen-bond donors (Lipinski definition) is 2. The van der Waals surface area contributed by atoms with Gasteiger partial charge in [0.2, 0.25) is 0 Å². The van der Waals surface area contributed by atoms with Gasteiger partial charge in [0.05, 0.1) is 0 Å². The van der Waals surface area contributed by atoms with E-state index in [1.807, 2.05) is 36.4 Å². The van der Waals surface area contributed by atoms with Gasteiger partial charge in [-0.25, -0.2) is 9.59 Å². The molecule has 4 rings (SSSR count). The molecule has 6 nitrogen and oxygen atoms in total. The van der Waals surface area contributed by atoms with Crippen molar-refractivity contribution in [1.82, 2.24) is 0 Å². The molecule has 2 fully saturated rings. The molecule has 0 heterocycles. The fourth-order valence-electron chi connectivity index (χ4n) is 8.22. The van der Waals surface area contributed by atoms with Gasteiger partial charge in [0.1, 0.15) is 0 Å². The van der Waals surface area contributed by atoms with Crippen LogP contribution >= 0.6 is 0 Å². The van der Waals surface area contributed by atoms with E-state index in [1.165, 1.54) is 5.56 Å². The molecule has 2 aliphatic rings. The van der Waals surface area contributed by atoms with E-state index in [0.717, 1.165) is 18.4 Å². The number of ether oxygens (including phenoxy) is 2. The van der Waals surface area contributed by atoms with Gasteiger partial charge in [-0.3, -0.25) is 0 Å². The lowest BCUT2D eigenvalue weighted by Crippen LogP contribution is -2.69. The highest BCUT2D eigenvalue weighted by Crippen LogP contribution is 2.79. The van der Waals surface area contributed by atoms with Crippen molar-refractivity contribution in [3.05, 3.63) is 71.8 Å². The molecule has 35 heavy (non-hydrogen) atoms. The summed E-state index contributed by atoms with van der Waals surface area (Å²) in [5.74, 6) is -0.245. The standard InChI is InChI=1S/C29H38N2O4/c1-5-22(20-13-9-7-10-14-20)27(4)26(3)17-18-28(19-26,34-24(30)32)29(27,35-25(31)33)23(6-2)21-15-11-8-12-16-21/h7-16,22-23H,5-6,17-19H2,1-4H3,(H2,30,32)(H2,31,33). The van der Waals surface area contributed by atoms with Crippen LogP contribution in [0.5, 0.6) is 0 Å². The molecule has 0 aromatic heterocycles. The first kappa shape index (κ1) is 25.1. The zero-order valence-corrected chi connectivity index (χ0v) is 21.3. The molecule has 2 aromatic rings. The Hall–Kier alpha value is -3.02. The largest absolute Gasteiger partial charge is 0.439 e. The highest BCUT2D eigenvalue weighted by molar-refractivity contribution is 5.68. The summed E-state index contributed by atoms with van der Waals surface area (Å²) >= 11 is 0. The molecule has 6 heteroatoms. The maximum Gasteiger partial charge on any atom is 0.405 e. The zero-order valence-electron chi connectivity index (χ0n) is 21.3. The predicted molar refractivity (Wildman–Crippen MR) is 136 cm³/mol. The lowest BCUT2D eigenvalue weighted by molar-refractivity contribution is -0.222. The molecule has 2 saturated carbocycles. The van der Waals surface area contributed by atoms with E-state index in [0.29, 0.717) is 19.3 Å². The van der Waals surface area contributed by atoms with Gasteiger partial charge in [-0.15, -0.1) is 0 Å². The summed E-state index contributed by atoms with van der Waals surface area (Å²) in [6.07, 6.45) is 1.71. The second-order valence-electron chi connectivity index (χ2n) is 10.8. The van der Waals surface area contributed by atoms with Gasteiger partial charge >= 0.3 is 12.2 Å². The van der Waals surface area contributed by atoms with Crippen molar-refractivity contribution in [2.24, 2.45) is 22.3 Å². The van der Waals surface area contributed by atoms with Gasteiger partial charge in [-0.1, -0.05) is 88.4 Å². The first-order valence-electron chi connectivity index (χ1n) is 12.7. The molecule has 188 valence electrons. The Kier molecular flexibility index (Phi) is 6.37. The Morgan fingerprint density at radius 1 is 0.800 bits per heavy atom. The van der Waals surface area contributed by atoms with Crippen LogP contribution in [0, 0.1) is 10.8 Å². The van der Waals surface area contributed by atoms with Crippen LogP contribution in [0.4, 0.5) is 9.59 Å². The van der Waals surface area contributed by atoms with E-state index in [-0.39, 0.29) is 17.3 Å². The predicted octanol–water partition coefficient (Wildman–Crippen LogP) is 6.25. The average Bonchev–Trinajstić information content (AvgIpc) is 3.24. The van der Waals surface area contributed by atoms with E-state index in [1.54, 1.807) is 0 Å².